The largest absolute Gasteiger partial charge is 0.330 e. The standard InChI is InChI=1S/C11H22N2/c1-8(2)13-10-3-4-11(13)6-9(5-10)7-12/h8-11H,3-7,12H2,1-2H3/t9?,10-,11+. The average molecular weight is 182 g/mol. The van der Waals surface area contributed by atoms with E-state index >= 15 is 0 Å². The van der Waals surface area contributed by atoms with Crippen LogP contribution in [0.2, 0.25) is 0 Å². The van der Waals surface area contributed by atoms with Crippen LogP contribution in [0.15, 0.2) is 0 Å². The summed E-state index contributed by atoms with van der Waals surface area (Å²) in [7, 11) is 0. The first kappa shape index (κ1) is 9.47. The van der Waals surface area contributed by atoms with Crippen LogP contribution in [0.4, 0.5) is 0 Å². The second kappa shape index (κ2) is 3.58. The zero-order valence-corrected chi connectivity index (χ0v) is 8.87. The van der Waals surface area contributed by atoms with Gasteiger partial charge in [0.25, 0.3) is 0 Å². The minimum absolute atomic E-state index is 0.733. The normalized spacial score (nSPS) is 40.2. The Kier molecular flexibility index (Phi) is 2.61. The van der Waals surface area contributed by atoms with Crippen molar-refractivity contribution in [3.05, 3.63) is 0 Å². The van der Waals surface area contributed by atoms with Crippen LogP contribution in [0.1, 0.15) is 39.5 Å². The van der Waals surface area contributed by atoms with Gasteiger partial charge in [0.1, 0.15) is 0 Å². The Morgan fingerprint density at radius 1 is 1.23 bits per heavy atom. The van der Waals surface area contributed by atoms with Crippen LogP contribution in [0, 0.1) is 5.92 Å². The highest BCUT2D eigenvalue weighted by Gasteiger charge is 2.40. The number of piperidine rings is 1. The number of hydrogen-bond donors (Lipinski definition) is 1. The Bertz CT molecular complexity index is 165. The molecule has 0 amide bonds. The number of nitrogens with two attached hydrogens (primary N) is 1. The van der Waals surface area contributed by atoms with Crippen LogP contribution in [0.5, 0.6) is 0 Å². The average Bonchev–Trinajstić information content (AvgIpc) is 2.37. The molecule has 2 fully saturated rings. The molecule has 2 saturated heterocycles. The minimum atomic E-state index is 0.733. The fourth-order valence-corrected chi connectivity index (χ4v) is 3.36. The van der Waals surface area contributed by atoms with Crippen molar-refractivity contribution >= 4 is 0 Å². The minimum Gasteiger partial charge on any atom is -0.330 e. The van der Waals surface area contributed by atoms with E-state index in [1.807, 2.05) is 0 Å². The number of rotatable bonds is 2. The summed E-state index contributed by atoms with van der Waals surface area (Å²) in [6.45, 7) is 5.56. The molecule has 0 aromatic carbocycles. The van der Waals surface area contributed by atoms with E-state index in [-0.39, 0.29) is 0 Å². The van der Waals surface area contributed by atoms with Crippen molar-refractivity contribution in [2.24, 2.45) is 11.7 Å². The van der Waals surface area contributed by atoms with Crippen LogP contribution in [0.3, 0.4) is 0 Å². The Morgan fingerprint density at radius 3 is 2.15 bits per heavy atom. The zero-order chi connectivity index (χ0) is 9.42. The third kappa shape index (κ3) is 1.62. The molecule has 2 aliphatic rings. The van der Waals surface area contributed by atoms with Gasteiger partial charge in [0.15, 0.2) is 0 Å². The molecule has 2 aliphatic heterocycles. The molecule has 2 nitrogen and oxygen atoms in total. The van der Waals surface area contributed by atoms with Crippen molar-refractivity contribution in [2.75, 3.05) is 6.54 Å². The third-order valence-corrected chi connectivity index (χ3v) is 3.82. The summed E-state index contributed by atoms with van der Waals surface area (Å²) in [5.74, 6) is 0.812. The molecule has 2 N–H and O–H groups in total. The molecular formula is C11H22N2. The van der Waals surface area contributed by atoms with E-state index < -0.39 is 0 Å². The molecule has 2 bridgehead atoms. The Balaban J connectivity index is 2.04. The molecule has 0 radical (unpaired) electrons. The van der Waals surface area contributed by atoms with Crippen LogP contribution < -0.4 is 5.73 Å². The van der Waals surface area contributed by atoms with Gasteiger partial charge in [-0.05, 0) is 52.0 Å². The fourth-order valence-electron chi connectivity index (χ4n) is 3.36. The van der Waals surface area contributed by atoms with Gasteiger partial charge in [-0.15, -0.1) is 0 Å². The lowest BCUT2D eigenvalue weighted by molar-refractivity contribution is 0.0758. The van der Waals surface area contributed by atoms with Crippen LogP contribution in [0.25, 0.3) is 0 Å². The number of hydrogen-bond acceptors (Lipinski definition) is 2. The lowest BCUT2D eigenvalue weighted by Crippen LogP contribution is -2.47. The van der Waals surface area contributed by atoms with E-state index in [4.69, 9.17) is 5.73 Å². The van der Waals surface area contributed by atoms with Crippen molar-refractivity contribution in [3.8, 4) is 0 Å². The van der Waals surface area contributed by atoms with Crippen molar-refractivity contribution in [1.82, 2.24) is 4.90 Å². The molecule has 2 heteroatoms. The topological polar surface area (TPSA) is 29.3 Å². The lowest BCUT2D eigenvalue weighted by atomic mass is 9.90. The third-order valence-electron chi connectivity index (χ3n) is 3.82. The smallest absolute Gasteiger partial charge is 0.0105 e. The van der Waals surface area contributed by atoms with Crippen molar-refractivity contribution < 1.29 is 0 Å². The highest BCUT2D eigenvalue weighted by molar-refractivity contribution is 4.96. The predicted molar refractivity (Wildman–Crippen MR) is 55.6 cm³/mol. The molecule has 13 heavy (non-hydrogen) atoms. The van der Waals surface area contributed by atoms with Gasteiger partial charge < -0.3 is 5.73 Å². The van der Waals surface area contributed by atoms with Gasteiger partial charge >= 0.3 is 0 Å². The summed E-state index contributed by atoms with van der Waals surface area (Å²) >= 11 is 0. The Labute approximate surface area is 81.5 Å². The van der Waals surface area contributed by atoms with Gasteiger partial charge in [-0.25, -0.2) is 0 Å². The van der Waals surface area contributed by atoms with E-state index in [1.54, 1.807) is 0 Å². The number of nitrogens with zero attached hydrogens (tertiary/aromatic N) is 1. The maximum Gasteiger partial charge on any atom is 0.0105 e. The second-order valence-corrected chi connectivity index (χ2v) is 5.00. The fraction of sp³-hybridized carbons (Fsp3) is 1.00. The first-order valence-corrected chi connectivity index (χ1v) is 5.70. The van der Waals surface area contributed by atoms with Gasteiger partial charge in [-0.3, -0.25) is 4.90 Å². The highest BCUT2D eigenvalue weighted by Crippen LogP contribution is 2.39. The quantitative estimate of drug-likeness (QED) is 0.703. The highest BCUT2D eigenvalue weighted by atomic mass is 15.2. The molecule has 0 aromatic rings. The summed E-state index contributed by atoms with van der Waals surface area (Å²) in [5, 5.41) is 0. The molecule has 3 atom stereocenters. The van der Waals surface area contributed by atoms with Crippen LogP contribution in [-0.4, -0.2) is 29.6 Å². The molecule has 0 aliphatic carbocycles. The maximum atomic E-state index is 5.76. The van der Waals surface area contributed by atoms with E-state index in [2.05, 4.69) is 18.7 Å². The van der Waals surface area contributed by atoms with Gasteiger partial charge in [0.2, 0.25) is 0 Å². The van der Waals surface area contributed by atoms with Gasteiger partial charge in [-0.1, -0.05) is 0 Å². The second-order valence-electron chi connectivity index (χ2n) is 5.00. The summed E-state index contributed by atoms with van der Waals surface area (Å²) < 4.78 is 0. The van der Waals surface area contributed by atoms with Crippen LogP contribution >= 0.6 is 0 Å². The van der Waals surface area contributed by atoms with E-state index in [0.29, 0.717) is 0 Å². The van der Waals surface area contributed by atoms with Gasteiger partial charge in [0.05, 0.1) is 0 Å². The number of fused-ring (bicyclic) bond motifs is 2. The van der Waals surface area contributed by atoms with E-state index in [1.165, 1.54) is 25.7 Å². The first-order chi connectivity index (χ1) is 6.22. The molecule has 2 rings (SSSR count). The summed E-state index contributed by atoms with van der Waals surface area (Å²) in [6.07, 6.45) is 5.54. The lowest BCUT2D eigenvalue weighted by Gasteiger charge is -2.41. The molecule has 0 spiro atoms. The molecule has 0 saturated carbocycles. The summed E-state index contributed by atoms with van der Waals surface area (Å²) in [5.41, 5.74) is 5.76. The molecule has 0 aromatic heterocycles. The Hall–Kier alpha value is -0.0800. The molecular weight excluding hydrogens is 160 g/mol. The summed E-state index contributed by atoms with van der Waals surface area (Å²) in [4.78, 5) is 2.73. The van der Waals surface area contributed by atoms with Crippen molar-refractivity contribution in [3.63, 3.8) is 0 Å². The molecule has 2 heterocycles. The maximum absolute atomic E-state index is 5.76. The van der Waals surface area contributed by atoms with Gasteiger partial charge in [-0.2, -0.15) is 0 Å². The van der Waals surface area contributed by atoms with Gasteiger partial charge in [0, 0.05) is 18.1 Å². The van der Waals surface area contributed by atoms with Crippen molar-refractivity contribution in [1.29, 1.82) is 0 Å². The molecule has 1 unspecified atom stereocenters. The SMILES string of the molecule is CC(C)N1[C@@H]2CC[C@H]1CC(CN)C2. The van der Waals surface area contributed by atoms with Crippen molar-refractivity contribution in [2.45, 2.75) is 57.7 Å². The predicted octanol–water partition coefficient (Wildman–Crippen LogP) is 1.60. The monoisotopic (exact) mass is 182 g/mol. The Morgan fingerprint density at radius 2 is 1.77 bits per heavy atom. The summed E-state index contributed by atoms with van der Waals surface area (Å²) in [6, 6.07) is 2.44. The van der Waals surface area contributed by atoms with E-state index in [9.17, 15) is 0 Å². The van der Waals surface area contributed by atoms with Crippen LogP contribution in [-0.2, 0) is 0 Å². The first-order valence-electron chi connectivity index (χ1n) is 5.70. The molecule has 76 valence electrons. The van der Waals surface area contributed by atoms with E-state index in [0.717, 1.165) is 30.6 Å². The zero-order valence-electron chi connectivity index (χ0n) is 8.87.